The zero-order chi connectivity index (χ0) is 21.0. The minimum absolute atomic E-state index is 0.126. The van der Waals surface area contributed by atoms with Crippen LogP contribution in [0.1, 0.15) is 21.5 Å². The van der Waals surface area contributed by atoms with Crippen molar-refractivity contribution in [3.8, 4) is 5.75 Å². The number of aryl methyl sites for hydroxylation is 1. The zero-order valence-corrected chi connectivity index (χ0v) is 17.0. The molecule has 0 saturated heterocycles. The molecule has 0 spiro atoms. The van der Waals surface area contributed by atoms with E-state index in [4.69, 9.17) is 21.4 Å². The van der Waals surface area contributed by atoms with E-state index in [2.05, 4.69) is 4.72 Å². The van der Waals surface area contributed by atoms with E-state index >= 15 is 0 Å². The van der Waals surface area contributed by atoms with Gasteiger partial charge in [-0.2, -0.15) is 0 Å². The quantitative estimate of drug-likeness (QED) is 0.564. The Morgan fingerprint density at radius 3 is 2.41 bits per heavy atom. The molecule has 0 atom stereocenters. The average Bonchev–Trinajstić information content (AvgIpc) is 2.67. The highest BCUT2D eigenvalue weighted by Gasteiger charge is 2.19. The van der Waals surface area contributed by atoms with E-state index in [1.165, 1.54) is 24.3 Å². The van der Waals surface area contributed by atoms with E-state index in [0.29, 0.717) is 16.3 Å². The van der Waals surface area contributed by atoms with Crippen molar-refractivity contribution in [1.29, 1.82) is 0 Å². The SMILES string of the molecule is Cc1ccccc1S(=O)(=O)Nc1cc(Cl)ccc1OCc1ccc(C(=O)O)cc1. The second-order valence-electron chi connectivity index (χ2n) is 6.30. The van der Waals surface area contributed by atoms with Gasteiger partial charge in [0.05, 0.1) is 16.1 Å². The highest BCUT2D eigenvalue weighted by molar-refractivity contribution is 7.92. The molecule has 0 aliphatic carbocycles. The number of aromatic carboxylic acids is 1. The van der Waals surface area contributed by atoms with Crippen molar-refractivity contribution in [2.45, 2.75) is 18.4 Å². The van der Waals surface area contributed by atoms with Crippen LogP contribution in [0.5, 0.6) is 5.75 Å². The predicted octanol–water partition coefficient (Wildman–Crippen LogP) is 4.73. The molecule has 6 nitrogen and oxygen atoms in total. The summed E-state index contributed by atoms with van der Waals surface area (Å²) in [6.45, 7) is 1.84. The number of sulfonamides is 1. The standard InChI is InChI=1S/C21H18ClNO5S/c1-14-4-2-3-5-20(14)29(26,27)23-18-12-17(22)10-11-19(18)28-13-15-6-8-16(9-7-15)21(24)25/h2-12,23H,13H2,1H3,(H,24,25). The first-order valence-corrected chi connectivity index (χ1v) is 10.5. The molecule has 8 heteroatoms. The highest BCUT2D eigenvalue weighted by Crippen LogP contribution is 2.31. The molecule has 3 aromatic rings. The summed E-state index contributed by atoms with van der Waals surface area (Å²) < 4.78 is 33.9. The summed E-state index contributed by atoms with van der Waals surface area (Å²) in [7, 11) is -3.84. The summed E-state index contributed by atoms with van der Waals surface area (Å²) in [5.74, 6) is -0.711. The minimum Gasteiger partial charge on any atom is -0.487 e. The van der Waals surface area contributed by atoms with E-state index in [-0.39, 0.29) is 22.8 Å². The molecule has 0 fully saturated rings. The molecule has 150 valence electrons. The smallest absolute Gasteiger partial charge is 0.335 e. The molecule has 3 rings (SSSR count). The Bertz CT molecular complexity index is 1140. The summed E-state index contributed by atoms with van der Waals surface area (Å²) in [4.78, 5) is 11.1. The van der Waals surface area contributed by atoms with Gasteiger partial charge < -0.3 is 9.84 Å². The van der Waals surface area contributed by atoms with Crippen molar-refractivity contribution in [2.24, 2.45) is 0 Å². The van der Waals surface area contributed by atoms with Gasteiger partial charge in [0, 0.05) is 5.02 Å². The Hall–Kier alpha value is -3.03. The van der Waals surface area contributed by atoms with Gasteiger partial charge in [0.2, 0.25) is 0 Å². The van der Waals surface area contributed by atoms with E-state index in [9.17, 15) is 13.2 Å². The first kappa shape index (κ1) is 20.7. The molecule has 0 heterocycles. The van der Waals surface area contributed by atoms with Gasteiger partial charge in [0.25, 0.3) is 10.0 Å². The van der Waals surface area contributed by atoms with Gasteiger partial charge in [0.1, 0.15) is 12.4 Å². The van der Waals surface area contributed by atoms with Crippen molar-refractivity contribution < 1.29 is 23.1 Å². The first-order valence-electron chi connectivity index (χ1n) is 8.59. The van der Waals surface area contributed by atoms with Crippen molar-refractivity contribution in [1.82, 2.24) is 0 Å². The van der Waals surface area contributed by atoms with Gasteiger partial charge in [0.15, 0.2) is 0 Å². The van der Waals surface area contributed by atoms with Crippen molar-refractivity contribution in [3.05, 3.63) is 88.4 Å². The molecule has 0 radical (unpaired) electrons. The molecule has 2 N–H and O–H groups in total. The average molecular weight is 432 g/mol. The van der Waals surface area contributed by atoms with Crippen LogP contribution in [0.2, 0.25) is 5.02 Å². The van der Waals surface area contributed by atoms with Crippen LogP contribution in [0, 0.1) is 6.92 Å². The number of ether oxygens (including phenoxy) is 1. The topological polar surface area (TPSA) is 92.7 Å². The number of carboxylic acids is 1. The lowest BCUT2D eigenvalue weighted by Crippen LogP contribution is -2.15. The number of nitrogens with one attached hydrogen (secondary N) is 1. The van der Waals surface area contributed by atoms with Crippen molar-refractivity contribution in [2.75, 3.05) is 4.72 Å². The summed E-state index contributed by atoms with van der Waals surface area (Å²) >= 11 is 6.04. The fraction of sp³-hybridized carbons (Fsp3) is 0.0952. The molecule has 0 aromatic heterocycles. The van der Waals surface area contributed by atoms with Gasteiger partial charge in [-0.3, -0.25) is 4.72 Å². The Morgan fingerprint density at radius 1 is 1.07 bits per heavy atom. The number of carboxylic acid groups (broad SMARTS) is 1. The molecule has 0 aliphatic rings. The fourth-order valence-corrected chi connectivity index (χ4v) is 4.15. The largest absolute Gasteiger partial charge is 0.487 e. The monoisotopic (exact) mass is 431 g/mol. The van der Waals surface area contributed by atoms with Crippen LogP contribution >= 0.6 is 11.6 Å². The third-order valence-electron chi connectivity index (χ3n) is 4.16. The molecular weight excluding hydrogens is 414 g/mol. The first-order chi connectivity index (χ1) is 13.8. The van der Waals surface area contributed by atoms with Gasteiger partial charge in [-0.25, -0.2) is 13.2 Å². The van der Waals surface area contributed by atoms with Crippen LogP contribution < -0.4 is 9.46 Å². The van der Waals surface area contributed by atoms with Crippen molar-refractivity contribution in [3.63, 3.8) is 0 Å². The van der Waals surface area contributed by atoms with Crippen LogP contribution in [0.25, 0.3) is 0 Å². The number of carbonyl (C=O) groups is 1. The minimum atomic E-state index is -3.84. The number of benzene rings is 3. The van der Waals surface area contributed by atoms with Crippen LogP contribution in [0.3, 0.4) is 0 Å². The van der Waals surface area contributed by atoms with Crippen LogP contribution in [-0.4, -0.2) is 19.5 Å². The lowest BCUT2D eigenvalue weighted by molar-refractivity contribution is 0.0697. The summed E-state index contributed by atoms with van der Waals surface area (Å²) in [6.07, 6.45) is 0. The zero-order valence-electron chi connectivity index (χ0n) is 15.4. The molecule has 0 amide bonds. The molecule has 3 aromatic carbocycles. The van der Waals surface area contributed by atoms with Gasteiger partial charge in [-0.15, -0.1) is 0 Å². The highest BCUT2D eigenvalue weighted by atomic mass is 35.5. The Labute approximate surface area is 173 Å². The Balaban J connectivity index is 1.83. The molecule has 29 heavy (non-hydrogen) atoms. The molecule has 0 bridgehead atoms. The maximum atomic E-state index is 12.8. The molecular formula is C21H18ClNO5S. The normalized spacial score (nSPS) is 11.1. The molecule has 0 aliphatic heterocycles. The second kappa shape index (κ2) is 8.55. The lowest BCUT2D eigenvalue weighted by Gasteiger charge is -2.15. The maximum Gasteiger partial charge on any atom is 0.335 e. The number of halogens is 1. The van der Waals surface area contributed by atoms with E-state index in [1.807, 2.05) is 0 Å². The van der Waals surface area contributed by atoms with Gasteiger partial charge >= 0.3 is 5.97 Å². The molecule has 0 saturated carbocycles. The summed E-state index contributed by atoms with van der Waals surface area (Å²) in [6, 6.07) is 17.5. The van der Waals surface area contributed by atoms with Crippen LogP contribution in [-0.2, 0) is 16.6 Å². The van der Waals surface area contributed by atoms with E-state index in [1.54, 1.807) is 49.4 Å². The predicted molar refractivity (Wildman–Crippen MR) is 111 cm³/mol. The fourth-order valence-electron chi connectivity index (χ4n) is 2.67. The Kier molecular flexibility index (Phi) is 6.10. The number of hydrogen-bond donors (Lipinski definition) is 2. The third kappa shape index (κ3) is 5.07. The molecule has 0 unspecified atom stereocenters. The number of hydrogen-bond acceptors (Lipinski definition) is 4. The van der Waals surface area contributed by atoms with E-state index in [0.717, 1.165) is 5.56 Å². The maximum absolute atomic E-state index is 12.8. The third-order valence-corrected chi connectivity index (χ3v) is 5.93. The Morgan fingerprint density at radius 2 is 1.76 bits per heavy atom. The number of anilines is 1. The van der Waals surface area contributed by atoms with Gasteiger partial charge in [-0.1, -0.05) is 41.9 Å². The summed E-state index contributed by atoms with van der Waals surface area (Å²) in [5.41, 5.74) is 1.73. The number of rotatable bonds is 7. The van der Waals surface area contributed by atoms with Crippen molar-refractivity contribution >= 4 is 33.3 Å². The van der Waals surface area contributed by atoms with Crippen LogP contribution in [0.4, 0.5) is 5.69 Å². The second-order valence-corrected chi connectivity index (χ2v) is 8.39. The van der Waals surface area contributed by atoms with E-state index < -0.39 is 16.0 Å². The summed E-state index contributed by atoms with van der Waals surface area (Å²) in [5, 5.41) is 9.31. The lowest BCUT2D eigenvalue weighted by atomic mass is 10.1. The van der Waals surface area contributed by atoms with Crippen LogP contribution in [0.15, 0.2) is 71.6 Å². The van der Waals surface area contributed by atoms with Gasteiger partial charge in [-0.05, 0) is 54.4 Å².